The van der Waals surface area contributed by atoms with Crippen molar-refractivity contribution in [2.24, 2.45) is 0 Å². The molecule has 0 aliphatic carbocycles. The summed E-state index contributed by atoms with van der Waals surface area (Å²) in [5, 5.41) is 2.98. The molecule has 2 amide bonds. The van der Waals surface area contributed by atoms with Gasteiger partial charge in [0.15, 0.2) is 0 Å². The molecule has 0 spiro atoms. The summed E-state index contributed by atoms with van der Waals surface area (Å²) in [6.45, 7) is 4.74. The summed E-state index contributed by atoms with van der Waals surface area (Å²) >= 11 is 0. The summed E-state index contributed by atoms with van der Waals surface area (Å²) in [4.78, 5) is 31.4. The van der Waals surface area contributed by atoms with Gasteiger partial charge in [-0.05, 0) is 56.1 Å². The van der Waals surface area contributed by atoms with Crippen molar-refractivity contribution in [3.05, 3.63) is 65.7 Å². The maximum absolute atomic E-state index is 13.0. The molecule has 2 aromatic carbocycles. The lowest BCUT2D eigenvalue weighted by Crippen LogP contribution is -2.48. The molecule has 35 heavy (non-hydrogen) atoms. The topological polar surface area (TPSA) is 55.9 Å². The summed E-state index contributed by atoms with van der Waals surface area (Å²) in [7, 11) is 0. The second-order valence-electron chi connectivity index (χ2n) is 9.04. The molecule has 2 aromatic rings. The molecule has 6 nitrogen and oxygen atoms in total. The van der Waals surface area contributed by atoms with Gasteiger partial charge in [-0.25, -0.2) is 0 Å². The van der Waals surface area contributed by atoms with Gasteiger partial charge in [0.05, 0.1) is 5.56 Å². The van der Waals surface area contributed by atoms with Crippen LogP contribution in [0.3, 0.4) is 0 Å². The van der Waals surface area contributed by atoms with E-state index in [1.54, 1.807) is 23.1 Å². The zero-order valence-corrected chi connectivity index (χ0v) is 19.6. The first kappa shape index (κ1) is 25.0. The van der Waals surface area contributed by atoms with Crippen molar-refractivity contribution < 1.29 is 22.8 Å². The van der Waals surface area contributed by atoms with Crippen molar-refractivity contribution in [1.29, 1.82) is 0 Å². The lowest BCUT2D eigenvalue weighted by atomic mass is 10.1. The highest BCUT2D eigenvalue weighted by molar-refractivity contribution is 5.97. The van der Waals surface area contributed by atoms with Crippen molar-refractivity contribution in [3.63, 3.8) is 0 Å². The summed E-state index contributed by atoms with van der Waals surface area (Å²) in [6, 6.07) is 14.1. The van der Waals surface area contributed by atoms with E-state index >= 15 is 0 Å². The minimum Gasteiger partial charge on any atom is -0.369 e. The molecule has 2 fully saturated rings. The van der Waals surface area contributed by atoms with Crippen LogP contribution in [-0.2, 0) is 11.0 Å². The van der Waals surface area contributed by atoms with Crippen molar-refractivity contribution in [1.82, 2.24) is 15.1 Å². The summed E-state index contributed by atoms with van der Waals surface area (Å²) in [6.07, 6.45) is -2.09. The Morgan fingerprint density at radius 3 is 2.40 bits per heavy atom. The summed E-state index contributed by atoms with van der Waals surface area (Å²) < 4.78 is 39.0. The number of rotatable bonds is 7. The van der Waals surface area contributed by atoms with Gasteiger partial charge in [-0.3, -0.25) is 14.5 Å². The van der Waals surface area contributed by atoms with Gasteiger partial charge in [-0.1, -0.05) is 24.3 Å². The minimum atomic E-state index is -4.34. The Morgan fingerprint density at radius 2 is 1.69 bits per heavy atom. The van der Waals surface area contributed by atoms with Gasteiger partial charge in [0.2, 0.25) is 5.91 Å². The first-order valence-electron chi connectivity index (χ1n) is 12.1. The molecule has 1 N–H and O–H groups in total. The highest BCUT2D eigenvalue weighted by Crippen LogP contribution is 2.31. The second kappa shape index (κ2) is 11.1. The fourth-order valence-electron chi connectivity index (χ4n) is 4.77. The zero-order valence-electron chi connectivity index (χ0n) is 19.6. The molecular weight excluding hydrogens is 457 g/mol. The molecule has 2 aliphatic heterocycles. The van der Waals surface area contributed by atoms with Gasteiger partial charge in [0, 0.05) is 50.5 Å². The summed E-state index contributed by atoms with van der Waals surface area (Å²) in [5.41, 5.74) is 0.564. The summed E-state index contributed by atoms with van der Waals surface area (Å²) in [5.74, 6) is -0.219. The molecule has 188 valence electrons. The average Bonchev–Trinajstić information content (AvgIpc) is 3.37. The molecule has 2 aliphatic rings. The van der Waals surface area contributed by atoms with Gasteiger partial charge >= 0.3 is 6.18 Å². The van der Waals surface area contributed by atoms with E-state index in [4.69, 9.17) is 0 Å². The lowest BCUT2D eigenvalue weighted by Gasteiger charge is -2.36. The second-order valence-corrected chi connectivity index (χ2v) is 9.04. The molecule has 4 rings (SSSR count). The number of nitrogens with one attached hydrogen (secondary N) is 1. The van der Waals surface area contributed by atoms with Crippen molar-refractivity contribution in [2.75, 3.05) is 50.7 Å². The molecule has 0 aromatic heterocycles. The number of alkyl halides is 3. The van der Waals surface area contributed by atoms with Gasteiger partial charge in [0.1, 0.15) is 6.04 Å². The van der Waals surface area contributed by atoms with Crippen LogP contribution in [0.2, 0.25) is 0 Å². The minimum absolute atomic E-state index is 0.109. The maximum Gasteiger partial charge on any atom is 0.416 e. The number of hydrogen-bond donors (Lipinski definition) is 1. The van der Waals surface area contributed by atoms with Crippen LogP contribution in [0.4, 0.5) is 18.9 Å². The number of hydrogen-bond acceptors (Lipinski definition) is 4. The average molecular weight is 489 g/mol. The van der Waals surface area contributed by atoms with E-state index in [0.29, 0.717) is 43.9 Å². The first-order chi connectivity index (χ1) is 16.8. The van der Waals surface area contributed by atoms with Crippen LogP contribution in [0.1, 0.15) is 35.2 Å². The molecule has 2 saturated heterocycles. The Kier molecular flexibility index (Phi) is 7.95. The Morgan fingerprint density at radius 1 is 0.943 bits per heavy atom. The first-order valence-corrected chi connectivity index (χ1v) is 12.1. The molecule has 1 unspecified atom stereocenters. The van der Waals surface area contributed by atoms with E-state index < -0.39 is 17.8 Å². The number of carbonyl (C=O) groups excluding carboxylic acids is 2. The Bertz CT molecular complexity index is 1010. The van der Waals surface area contributed by atoms with Gasteiger partial charge in [-0.15, -0.1) is 0 Å². The molecule has 1 atom stereocenters. The van der Waals surface area contributed by atoms with Crippen LogP contribution in [0, 0.1) is 0 Å². The third kappa shape index (κ3) is 6.33. The maximum atomic E-state index is 13.0. The van der Waals surface area contributed by atoms with Crippen molar-refractivity contribution in [2.45, 2.75) is 31.5 Å². The fraction of sp³-hybridized carbons (Fsp3) is 0.462. The van der Waals surface area contributed by atoms with Crippen LogP contribution in [-0.4, -0.2) is 73.5 Å². The Hall–Kier alpha value is -3.07. The smallest absolute Gasteiger partial charge is 0.369 e. The molecule has 0 saturated carbocycles. The molecule has 0 radical (unpaired) electrons. The van der Waals surface area contributed by atoms with Crippen molar-refractivity contribution in [3.8, 4) is 0 Å². The number of nitrogens with zero attached hydrogens (tertiary/aromatic N) is 3. The van der Waals surface area contributed by atoms with Crippen LogP contribution in [0.25, 0.3) is 0 Å². The number of amides is 2. The Labute approximate surface area is 203 Å². The lowest BCUT2D eigenvalue weighted by molar-refractivity contribution is -0.137. The number of anilines is 1. The molecule has 2 heterocycles. The predicted molar refractivity (Wildman–Crippen MR) is 128 cm³/mol. The quantitative estimate of drug-likeness (QED) is 0.605. The number of benzene rings is 2. The van der Waals surface area contributed by atoms with E-state index in [9.17, 15) is 22.8 Å². The number of likely N-dealkylation sites (tertiary alicyclic amines) is 1. The van der Waals surface area contributed by atoms with Crippen molar-refractivity contribution >= 4 is 17.5 Å². The van der Waals surface area contributed by atoms with Crippen LogP contribution >= 0.6 is 0 Å². The third-order valence-electron chi connectivity index (χ3n) is 6.70. The normalized spacial score (nSPS) is 19.1. The third-order valence-corrected chi connectivity index (χ3v) is 6.70. The van der Waals surface area contributed by atoms with E-state index in [1.807, 2.05) is 23.1 Å². The SMILES string of the molecule is O=C(NCCCN1CCN(c2cccc(C(F)(F)F)c2)CC1)C1CCCN1C(=O)c1ccccc1. The van der Waals surface area contributed by atoms with E-state index in [2.05, 4.69) is 10.2 Å². The van der Waals surface area contributed by atoms with Crippen LogP contribution < -0.4 is 10.2 Å². The number of halogens is 3. The monoisotopic (exact) mass is 488 g/mol. The molecular formula is C26H31F3N4O2. The van der Waals surface area contributed by atoms with Gasteiger partial charge < -0.3 is 15.1 Å². The zero-order chi connectivity index (χ0) is 24.8. The molecule has 0 bridgehead atoms. The van der Waals surface area contributed by atoms with E-state index in [-0.39, 0.29) is 11.8 Å². The largest absolute Gasteiger partial charge is 0.416 e. The standard InChI is InChI=1S/C26H31F3N4O2/c27-26(28,29)21-9-4-10-22(19-21)32-17-15-31(16-18-32)13-6-12-30-24(34)23-11-5-14-33(23)25(35)20-7-2-1-3-8-20/h1-4,7-10,19,23H,5-6,11-18H2,(H,30,34). The predicted octanol–water partition coefficient (Wildman–Crippen LogP) is 3.64. The Balaban J connectivity index is 1.18. The number of carbonyl (C=O) groups is 2. The molecule has 9 heteroatoms. The van der Waals surface area contributed by atoms with Gasteiger partial charge in [-0.2, -0.15) is 13.2 Å². The number of piperazine rings is 1. The van der Waals surface area contributed by atoms with Crippen LogP contribution in [0.5, 0.6) is 0 Å². The van der Waals surface area contributed by atoms with Crippen LogP contribution in [0.15, 0.2) is 54.6 Å². The van der Waals surface area contributed by atoms with E-state index in [0.717, 1.165) is 38.5 Å². The fourth-order valence-corrected chi connectivity index (χ4v) is 4.77. The highest BCUT2D eigenvalue weighted by atomic mass is 19.4. The highest BCUT2D eigenvalue weighted by Gasteiger charge is 2.34. The van der Waals surface area contributed by atoms with Gasteiger partial charge in [0.25, 0.3) is 5.91 Å². The van der Waals surface area contributed by atoms with E-state index in [1.165, 1.54) is 12.1 Å².